The van der Waals surface area contributed by atoms with Crippen molar-refractivity contribution in [2.45, 2.75) is 113 Å². The molecule has 2 amide bonds. The fourth-order valence-corrected chi connectivity index (χ4v) is 4.89. The Balaban J connectivity index is 1.87. The lowest BCUT2D eigenvalue weighted by Gasteiger charge is -2.48. The summed E-state index contributed by atoms with van der Waals surface area (Å²) in [6.45, 7) is 2.64. The smallest absolute Gasteiger partial charge is 0.217 e. The van der Waals surface area contributed by atoms with Gasteiger partial charge in [0.1, 0.15) is 67.0 Å². The van der Waals surface area contributed by atoms with Crippen LogP contribution in [0, 0.1) is 0 Å². The van der Waals surface area contributed by atoms with Crippen LogP contribution in [0.1, 0.15) is 20.8 Å². The third kappa shape index (κ3) is 7.24. The molecule has 0 aromatic carbocycles. The molecule has 0 spiro atoms. The first-order valence-electron chi connectivity index (χ1n) is 12.8. The van der Waals surface area contributed by atoms with Crippen LogP contribution >= 0.6 is 0 Å². The second kappa shape index (κ2) is 14.1. The van der Waals surface area contributed by atoms with Crippen LogP contribution in [0.4, 0.5) is 0 Å². The van der Waals surface area contributed by atoms with Gasteiger partial charge in [0.15, 0.2) is 18.9 Å². The lowest BCUT2D eigenvalue weighted by atomic mass is 9.94. The van der Waals surface area contributed by atoms with Gasteiger partial charge in [0.2, 0.25) is 11.8 Å². The molecule has 3 saturated heterocycles. The first-order valence-corrected chi connectivity index (χ1v) is 12.8. The van der Waals surface area contributed by atoms with Crippen molar-refractivity contribution >= 4 is 11.8 Å². The molecule has 3 rings (SSSR count). The highest BCUT2D eigenvalue weighted by Crippen LogP contribution is 2.31. The van der Waals surface area contributed by atoms with Gasteiger partial charge in [-0.2, -0.15) is 0 Å². The van der Waals surface area contributed by atoms with Gasteiger partial charge in [-0.15, -0.1) is 0 Å². The van der Waals surface area contributed by atoms with E-state index < -0.39 is 117 Å². The Morgan fingerprint density at radius 3 is 1.85 bits per heavy atom. The molecule has 15 atom stereocenters. The van der Waals surface area contributed by atoms with Crippen molar-refractivity contribution in [3.8, 4) is 0 Å². The largest absolute Gasteiger partial charge is 0.394 e. The van der Waals surface area contributed by atoms with E-state index in [-0.39, 0.29) is 0 Å². The van der Waals surface area contributed by atoms with E-state index in [1.807, 2.05) is 0 Å². The van der Waals surface area contributed by atoms with Gasteiger partial charge in [0.25, 0.3) is 0 Å². The fourth-order valence-electron chi connectivity index (χ4n) is 4.89. The van der Waals surface area contributed by atoms with E-state index in [1.54, 1.807) is 0 Å². The maximum atomic E-state index is 11.8. The molecule has 0 bridgehead atoms. The van der Waals surface area contributed by atoms with Crippen LogP contribution in [0.5, 0.6) is 0 Å². The van der Waals surface area contributed by atoms with E-state index in [9.17, 15) is 45.3 Å². The van der Waals surface area contributed by atoms with Crippen molar-refractivity contribution in [3.05, 3.63) is 0 Å². The number of aliphatic hydroxyl groups is 7. The molecular formula is C23H40N2O15. The molecule has 3 heterocycles. The summed E-state index contributed by atoms with van der Waals surface area (Å²) in [5.74, 6) is -1.14. The highest BCUT2D eigenvalue weighted by atomic mass is 16.7. The Bertz CT molecular complexity index is 853. The third-order valence-corrected chi connectivity index (χ3v) is 7.05. The molecule has 232 valence electrons. The normalized spacial score (nSPS) is 46.0. The molecule has 0 aromatic rings. The molecule has 0 unspecified atom stereocenters. The summed E-state index contributed by atoms with van der Waals surface area (Å²) < 4.78 is 33.8. The van der Waals surface area contributed by atoms with Crippen LogP contribution < -0.4 is 10.6 Å². The molecule has 0 radical (unpaired) electrons. The van der Waals surface area contributed by atoms with Crippen molar-refractivity contribution in [1.82, 2.24) is 10.6 Å². The number of rotatable bonds is 9. The Morgan fingerprint density at radius 2 is 1.30 bits per heavy atom. The summed E-state index contributed by atoms with van der Waals surface area (Å²) in [6, 6.07) is -2.53. The van der Waals surface area contributed by atoms with Crippen molar-refractivity contribution in [2.24, 2.45) is 0 Å². The van der Waals surface area contributed by atoms with Gasteiger partial charge in [0.05, 0.1) is 19.3 Å². The maximum absolute atomic E-state index is 11.8. The first kappa shape index (κ1) is 32.9. The van der Waals surface area contributed by atoms with Gasteiger partial charge in [-0.1, -0.05) is 0 Å². The minimum absolute atomic E-state index is 0.461. The Labute approximate surface area is 229 Å². The number of nitrogens with one attached hydrogen (secondary N) is 2. The van der Waals surface area contributed by atoms with Crippen LogP contribution in [-0.4, -0.2) is 160 Å². The monoisotopic (exact) mass is 584 g/mol. The molecule has 0 saturated carbocycles. The molecule has 3 aliphatic rings. The van der Waals surface area contributed by atoms with Gasteiger partial charge in [0, 0.05) is 21.0 Å². The van der Waals surface area contributed by atoms with Crippen LogP contribution in [-0.2, 0) is 38.0 Å². The van der Waals surface area contributed by atoms with Crippen LogP contribution in [0.25, 0.3) is 0 Å². The number of methoxy groups -OCH3 is 1. The van der Waals surface area contributed by atoms with Crippen molar-refractivity contribution in [3.63, 3.8) is 0 Å². The first-order chi connectivity index (χ1) is 18.8. The predicted octanol–water partition coefficient (Wildman–Crippen LogP) is -5.60. The van der Waals surface area contributed by atoms with Gasteiger partial charge in [-0.05, 0) is 6.92 Å². The van der Waals surface area contributed by atoms with E-state index in [1.165, 1.54) is 21.0 Å². The van der Waals surface area contributed by atoms with Crippen LogP contribution in [0.15, 0.2) is 0 Å². The number of aliphatic hydroxyl groups excluding tert-OH is 7. The topological polar surface area (TPSA) is 255 Å². The molecule has 3 fully saturated rings. The zero-order valence-electron chi connectivity index (χ0n) is 22.5. The molecule has 9 N–H and O–H groups in total. The summed E-state index contributed by atoms with van der Waals surface area (Å²) in [4.78, 5) is 23.7. The molecule has 0 aliphatic carbocycles. The molecule has 17 heteroatoms. The summed E-state index contributed by atoms with van der Waals surface area (Å²) in [6.07, 6.45) is -18.5. The van der Waals surface area contributed by atoms with E-state index in [0.717, 1.165) is 6.92 Å². The number of hydrogen-bond donors (Lipinski definition) is 9. The SMILES string of the molecule is CO[C@@H]1O[C@H](CO[C@@H]2O[C@H](C)[C@H](O)[C@H](O)[C@@H]2O)[C@H](O[C@@H]2O[C@H](CO)[C@H](O)[C@H](O)[C@@H]2NC(C)=O)[C@H](O)[C@@H]1NC(C)=O. The summed E-state index contributed by atoms with van der Waals surface area (Å²) >= 11 is 0. The quantitative estimate of drug-likeness (QED) is 0.122. The number of hydrogen-bond acceptors (Lipinski definition) is 15. The lowest BCUT2D eigenvalue weighted by molar-refractivity contribution is -0.342. The summed E-state index contributed by atoms with van der Waals surface area (Å²) in [5.41, 5.74) is 0. The summed E-state index contributed by atoms with van der Waals surface area (Å²) in [5, 5.41) is 77.1. The standard InChI is InChI=1S/C23H40N2O15/c1-7-14(29)18(33)19(34)23(37-7)36-6-11-20(17(32)13(25-9(3)28)21(35-4)39-11)40-22-12(24-8(2)27)16(31)15(30)10(5-26)38-22/h7,10-23,26,29-34H,5-6H2,1-4H3,(H,24,27)(H,25,28)/t7-,10-,11-,12+,13+,14+,15+,16-,17-,18+,19+,20+,21-,22+,23-/m1/s1. The minimum atomic E-state index is -1.64. The number of ether oxygens (including phenoxy) is 6. The minimum Gasteiger partial charge on any atom is -0.394 e. The van der Waals surface area contributed by atoms with Crippen LogP contribution in [0.2, 0.25) is 0 Å². The average molecular weight is 585 g/mol. The second-order valence-corrected chi connectivity index (χ2v) is 10.0. The van der Waals surface area contributed by atoms with Gasteiger partial charge in [-0.25, -0.2) is 0 Å². The number of carbonyl (C=O) groups excluding carboxylic acids is 2. The Morgan fingerprint density at radius 1 is 0.725 bits per heavy atom. The fraction of sp³-hybridized carbons (Fsp3) is 0.913. The van der Waals surface area contributed by atoms with Gasteiger partial charge < -0.3 is 74.8 Å². The maximum Gasteiger partial charge on any atom is 0.217 e. The second-order valence-electron chi connectivity index (χ2n) is 10.0. The van der Waals surface area contributed by atoms with E-state index in [2.05, 4.69) is 10.6 Å². The van der Waals surface area contributed by atoms with E-state index >= 15 is 0 Å². The zero-order chi connectivity index (χ0) is 29.9. The number of amides is 2. The lowest BCUT2D eigenvalue weighted by Crippen LogP contribution is -2.69. The summed E-state index contributed by atoms with van der Waals surface area (Å²) in [7, 11) is 1.26. The third-order valence-electron chi connectivity index (χ3n) is 7.05. The molecular weight excluding hydrogens is 544 g/mol. The van der Waals surface area contributed by atoms with E-state index in [4.69, 9.17) is 28.4 Å². The zero-order valence-corrected chi connectivity index (χ0v) is 22.5. The molecule has 3 aliphatic heterocycles. The van der Waals surface area contributed by atoms with Crippen molar-refractivity contribution < 1.29 is 73.8 Å². The van der Waals surface area contributed by atoms with Gasteiger partial charge >= 0.3 is 0 Å². The van der Waals surface area contributed by atoms with E-state index in [0.29, 0.717) is 0 Å². The molecule has 17 nitrogen and oxygen atoms in total. The number of carbonyl (C=O) groups is 2. The molecule has 40 heavy (non-hydrogen) atoms. The highest BCUT2D eigenvalue weighted by Gasteiger charge is 2.52. The Kier molecular flexibility index (Phi) is 11.6. The highest BCUT2D eigenvalue weighted by molar-refractivity contribution is 5.73. The Hall–Kier alpha value is -1.58. The van der Waals surface area contributed by atoms with Crippen LogP contribution in [0.3, 0.4) is 0 Å². The molecule has 0 aromatic heterocycles. The predicted molar refractivity (Wildman–Crippen MR) is 128 cm³/mol. The average Bonchev–Trinajstić information content (AvgIpc) is 2.90. The van der Waals surface area contributed by atoms with Crippen molar-refractivity contribution in [2.75, 3.05) is 20.3 Å². The van der Waals surface area contributed by atoms with Gasteiger partial charge in [-0.3, -0.25) is 9.59 Å². The van der Waals surface area contributed by atoms with Crippen molar-refractivity contribution in [1.29, 1.82) is 0 Å².